The first-order chi connectivity index (χ1) is 8.49. The van der Waals surface area contributed by atoms with E-state index in [-0.39, 0.29) is 24.2 Å². The minimum Gasteiger partial charge on any atom is -0.465 e. The zero-order chi connectivity index (χ0) is 13.3. The predicted molar refractivity (Wildman–Crippen MR) is 59.8 cm³/mol. The normalized spacial score (nSPS) is 15.1. The number of carboxylic acid groups (broad SMARTS) is 1. The fourth-order valence-electron chi connectivity index (χ4n) is 1.72. The maximum Gasteiger partial charge on any atom is 0.409 e. The number of benzene rings is 1. The van der Waals surface area contributed by atoms with Crippen LogP contribution in [0.2, 0.25) is 0 Å². The van der Waals surface area contributed by atoms with E-state index >= 15 is 0 Å². The van der Waals surface area contributed by atoms with E-state index in [2.05, 4.69) is 0 Å². The second-order valence-corrected chi connectivity index (χ2v) is 3.72. The van der Waals surface area contributed by atoms with Crippen molar-refractivity contribution in [1.29, 1.82) is 0 Å². The molecule has 7 heteroatoms. The second kappa shape index (κ2) is 4.44. The SMILES string of the molecule is O=C(O)Nc1ccc(N2C(=O)CCC2=O)cc1F. The molecule has 0 unspecified atom stereocenters. The van der Waals surface area contributed by atoms with Gasteiger partial charge in [-0.15, -0.1) is 0 Å². The first-order valence-corrected chi connectivity index (χ1v) is 5.14. The molecule has 1 fully saturated rings. The van der Waals surface area contributed by atoms with Gasteiger partial charge in [0, 0.05) is 18.9 Å². The smallest absolute Gasteiger partial charge is 0.409 e. The second-order valence-electron chi connectivity index (χ2n) is 3.72. The van der Waals surface area contributed by atoms with Crippen molar-refractivity contribution in [3.05, 3.63) is 24.0 Å². The van der Waals surface area contributed by atoms with E-state index < -0.39 is 23.7 Å². The largest absolute Gasteiger partial charge is 0.465 e. The lowest BCUT2D eigenvalue weighted by Crippen LogP contribution is -2.28. The van der Waals surface area contributed by atoms with Crippen LogP contribution in [0, 0.1) is 5.82 Å². The highest BCUT2D eigenvalue weighted by atomic mass is 19.1. The first-order valence-electron chi connectivity index (χ1n) is 5.14. The summed E-state index contributed by atoms with van der Waals surface area (Å²) in [5.74, 6) is -1.63. The Morgan fingerprint density at radius 2 is 1.89 bits per heavy atom. The summed E-state index contributed by atoms with van der Waals surface area (Å²) < 4.78 is 13.5. The van der Waals surface area contributed by atoms with Crippen molar-refractivity contribution in [2.75, 3.05) is 10.2 Å². The number of anilines is 2. The Kier molecular flexibility index (Phi) is 2.97. The summed E-state index contributed by atoms with van der Waals surface area (Å²) in [7, 11) is 0. The molecule has 0 atom stereocenters. The molecular formula is C11H9FN2O4. The van der Waals surface area contributed by atoms with Crippen LogP contribution in [0.4, 0.5) is 20.6 Å². The van der Waals surface area contributed by atoms with Crippen molar-refractivity contribution < 1.29 is 23.9 Å². The highest BCUT2D eigenvalue weighted by Crippen LogP contribution is 2.26. The number of nitrogens with zero attached hydrogens (tertiary/aromatic N) is 1. The summed E-state index contributed by atoms with van der Waals surface area (Å²) >= 11 is 0. The topological polar surface area (TPSA) is 86.7 Å². The molecule has 1 aromatic carbocycles. The zero-order valence-corrected chi connectivity index (χ0v) is 9.14. The number of imide groups is 1. The minimum absolute atomic E-state index is 0.107. The lowest BCUT2D eigenvalue weighted by Gasteiger charge is -2.14. The van der Waals surface area contributed by atoms with Crippen molar-refractivity contribution in [3.63, 3.8) is 0 Å². The third-order valence-corrected chi connectivity index (χ3v) is 2.50. The molecule has 2 rings (SSSR count). The Bertz CT molecular complexity index is 528. The van der Waals surface area contributed by atoms with E-state index in [0.717, 1.165) is 17.0 Å². The number of hydrogen-bond acceptors (Lipinski definition) is 3. The Hall–Kier alpha value is -2.44. The van der Waals surface area contributed by atoms with Gasteiger partial charge in [0.25, 0.3) is 0 Å². The lowest BCUT2D eigenvalue weighted by atomic mass is 10.2. The molecule has 1 aromatic rings. The zero-order valence-electron chi connectivity index (χ0n) is 9.14. The first kappa shape index (κ1) is 12.0. The molecule has 0 spiro atoms. The van der Waals surface area contributed by atoms with Gasteiger partial charge < -0.3 is 5.11 Å². The van der Waals surface area contributed by atoms with Crippen LogP contribution in [0.25, 0.3) is 0 Å². The summed E-state index contributed by atoms with van der Waals surface area (Å²) in [4.78, 5) is 34.1. The maximum atomic E-state index is 13.5. The molecule has 6 nitrogen and oxygen atoms in total. The average molecular weight is 252 g/mol. The molecule has 94 valence electrons. The highest BCUT2D eigenvalue weighted by molar-refractivity contribution is 6.19. The average Bonchev–Trinajstić information content (AvgIpc) is 2.61. The Labute approximate surface area is 101 Å². The third kappa shape index (κ3) is 2.15. The summed E-state index contributed by atoms with van der Waals surface area (Å²) in [6, 6.07) is 3.43. The van der Waals surface area contributed by atoms with Gasteiger partial charge in [0.05, 0.1) is 11.4 Å². The number of hydrogen-bond donors (Lipinski definition) is 2. The molecule has 0 radical (unpaired) electrons. The monoisotopic (exact) mass is 252 g/mol. The van der Waals surface area contributed by atoms with Crippen LogP contribution < -0.4 is 10.2 Å². The molecule has 3 amide bonds. The maximum absolute atomic E-state index is 13.5. The van der Waals surface area contributed by atoms with E-state index in [1.165, 1.54) is 6.07 Å². The van der Waals surface area contributed by atoms with Gasteiger partial charge in [-0.1, -0.05) is 0 Å². The standard InChI is InChI=1S/C11H9FN2O4/c12-7-5-6(1-2-8(7)13-11(17)18)14-9(15)3-4-10(14)16/h1-2,5,13H,3-4H2,(H,17,18). The van der Waals surface area contributed by atoms with E-state index in [1.54, 1.807) is 0 Å². The van der Waals surface area contributed by atoms with Crippen molar-refractivity contribution in [1.82, 2.24) is 0 Å². The van der Waals surface area contributed by atoms with Crippen molar-refractivity contribution in [2.45, 2.75) is 12.8 Å². The van der Waals surface area contributed by atoms with E-state index in [4.69, 9.17) is 5.11 Å². The van der Waals surface area contributed by atoms with Gasteiger partial charge in [0.15, 0.2) is 0 Å². The van der Waals surface area contributed by atoms with Crippen LogP contribution in [-0.2, 0) is 9.59 Å². The summed E-state index contributed by atoms with van der Waals surface area (Å²) in [5.41, 5.74) is -0.124. The van der Waals surface area contributed by atoms with Crippen LogP contribution in [0.15, 0.2) is 18.2 Å². The van der Waals surface area contributed by atoms with Crippen molar-refractivity contribution in [2.24, 2.45) is 0 Å². The van der Waals surface area contributed by atoms with Gasteiger partial charge in [0.1, 0.15) is 5.82 Å². The number of amides is 3. The van der Waals surface area contributed by atoms with Crippen LogP contribution >= 0.6 is 0 Å². The lowest BCUT2D eigenvalue weighted by molar-refractivity contribution is -0.121. The molecule has 2 N–H and O–H groups in total. The van der Waals surface area contributed by atoms with E-state index in [9.17, 15) is 18.8 Å². The molecule has 1 aliphatic heterocycles. The molecular weight excluding hydrogens is 243 g/mol. The van der Waals surface area contributed by atoms with Gasteiger partial charge in [0.2, 0.25) is 11.8 Å². The molecule has 0 saturated carbocycles. The fourth-order valence-corrected chi connectivity index (χ4v) is 1.72. The van der Waals surface area contributed by atoms with Gasteiger partial charge in [-0.3, -0.25) is 19.8 Å². The molecule has 1 saturated heterocycles. The Morgan fingerprint density at radius 3 is 2.39 bits per heavy atom. The molecule has 0 aliphatic carbocycles. The van der Waals surface area contributed by atoms with E-state index in [1.807, 2.05) is 5.32 Å². The number of carbonyl (C=O) groups excluding carboxylic acids is 2. The predicted octanol–water partition coefficient (Wildman–Crippen LogP) is 1.57. The summed E-state index contributed by atoms with van der Waals surface area (Å²) in [6.45, 7) is 0. The highest BCUT2D eigenvalue weighted by Gasteiger charge is 2.30. The van der Waals surface area contributed by atoms with Crippen LogP contribution in [0.1, 0.15) is 12.8 Å². The van der Waals surface area contributed by atoms with Crippen LogP contribution in [0.5, 0.6) is 0 Å². The van der Waals surface area contributed by atoms with Crippen LogP contribution in [-0.4, -0.2) is 23.0 Å². The molecule has 1 heterocycles. The van der Waals surface area contributed by atoms with Gasteiger partial charge in [-0.05, 0) is 12.1 Å². The van der Waals surface area contributed by atoms with Gasteiger partial charge in [-0.25, -0.2) is 9.18 Å². The number of halogens is 1. The minimum atomic E-state index is -1.39. The molecule has 0 bridgehead atoms. The fraction of sp³-hybridized carbons (Fsp3) is 0.182. The summed E-state index contributed by atoms with van der Waals surface area (Å²) in [6.07, 6.45) is -1.18. The Balaban J connectivity index is 2.31. The number of carbonyl (C=O) groups is 3. The van der Waals surface area contributed by atoms with Crippen LogP contribution in [0.3, 0.4) is 0 Å². The number of nitrogens with one attached hydrogen (secondary N) is 1. The molecule has 0 aromatic heterocycles. The molecule has 18 heavy (non-hydrogen) atoms. The van der Waals surface area contributed by atoms with Crippen molar-refractivity contribution in [3.8, 4) is 0 Å². The Morgan fingerprint density at radius 1 is 1.28 bits per heavy atom. The molecule has 1 aliphatic rings. The van der Waals surface area contributed by atoms with Crippen molar-refractivity contribution >= 4 is 29.3 Å². The quantitative estimate of drug-likeness (QED) is 0.782. The third-order valence-electron chi connectivity index (χ3n) is 2.50. The van der Waals surface area contributed by atoms with Gasteiger partial charge >= 0.3 is 6.09 Å². The summed E-state index contributed by atoms with van der Waals surface area (Å²) in [5, 5.41) is 10.3. The van der Waals surface area contributed by atoms with Gasteiger partial charge in [-0.2, -0.15) is 0 Å². The van der Waals surface area contributed by atoms with E-state index in [0.29, 0.717) is 0 Å². The number of rotatable bonds is 2.